The van der Waals surface area contributed by atoms with Gasteiger partial charge in [-0.1, -0.05) is 51.8 Å². The largest absolute Gasteiger partial charge is 0.382 e. The Labute approximate surface area is 124 Å². The molecule has 0 heterocycles. The molecule has 1 N–H and O–H groups in total. The average molecular weight is 274 g/mol. The van der Waals surface area contributed by atoms with Crippen LogP contribution in [0.25, 0.3) is 0 Å². The number of nitrogens with zero attached hydrogens (tertiary/aromatic N) is 1. The van der Waals surface area contributed by atoms with E-state index in [1.807, 2.05) is 0 Å². The molecule has 0 amide bonds. The fraction of sp³-hybridized carbons (Fsp3) is 0.667. The van der Waals surface area contributed by atoms with E-state index in [9.17, 15) is 0 Å². The molecule has 0 aromatic heterocycles. The molecule has 1 aliphatic rings. The molecule has 0 aliphatic heterocycles. The first-order valence-corrected chi connectivity index (χ1v) is 8.31. The highest BCUT2D eigenvalue weighted by molar-refractivity contribution is 5.52. The number of hydrogen-bond acceptors (Lipinski definition) is 2. The average Bonchev–Trinajstić information content (AvgIpc) is 2.48. The zero-order chi connectivity index (χ0) is 14.4. The third kappa shape index (κ3) is 3.99. The second kappa shape index (κ2) is 7.68. The fourth-order valence-corrected chi connectivity index (χ4v) is 3.22. The van der Waals surface area contributed by atoms with Crippen molar-refractivity contribution in [2.24, 2.45) is 5.92 Å². The first-order chi connectivity index (χ1) is 9.74. The van der Waals surface area contributed by atoms with E-state index in [-0.39, 0.29) is 0 Å². The predicted octanol–water partition coefficient (Wildman–Crippen LogP) is 4.52. The summed E-state index contributed by atoms with van der Waals surface area (Å²) in [6.07, 6.45) is 5.47. The summed E-state index contributed by atoms with van der Waals surface area (Å²) >= 11 is 0. The van der Waals surface area contributed by atoms with E-state index in [4.69, 9.17) is 0 Å². The van der Waals surface area contributed by atoms with Crippen molar-refractivity contribution in [3.63, 3.8) is 0 Å². The van der Waals surface area contributed by atoms with Crippen LogP contribution in [-0.2, 0) is 6.54 Å². The molecule has 0 bridgehead atoms. The first kappa shape index (κ1) is 15.4. The molecule has 2 unspecified atom stereocenters. The highest BCUT2D eigenvalue weighted by Gasteiger charge is 2.21. The summed E-state index contributed by atoms with van der Waals surface area (Å²) in [5.74, 6) is 0.797. The van der Waals surface area contributed by atoms with Crippen LogP contribution in [0, 0.1) is 5.92 Å². The first-order valence-electron chi connectivity index (χ1n) is 8.31. The summed E-state index contributed by atoms with van der Waals surface area (Å²) in [5, 5.41) is 3.83. The van der Waals surface area contributed by atoms with Crippen LogP contribution in [0.2, 0.25) is 0 Å². The van der Waals surface area contributed by atoms with Crippen molar-refractivity contribution in [3.8, 4) is 0 Å². The lowest BCUT2D eigenvalue weighted by atomic mass is 9.85. The fourth-order valence-electron chi connectivity index (χ4n) is 3.22. The van der Waals surface area contributed by atoms with Gasteiger partial charge in [0.15, 0.2) is 0 Å². The molecule has 2 nitrogen and oxygen atoms in total. The lowest BCUT2D eigenvalue weighted by Crippen LogP contribution is -2.31. The van der Waals surface area contributed by atoms with E-state index in [0.29, 0.717) is 6.04 Å². The quantitative estimate of drug-likeness (QED) is 0.820. The highest BCUT2D eigenvalue weighted by atomic mass is 15.1. The summed E-state index contributed by atoms with van der Waals surface area (Å²) in [7, 11) is 0. The number of para-hydroxylation sites is 1. The number of nitrogens with one attached hydrogen (secondary N) is 1. The maximum Gasteiger partial charge on any atom is 0.0388 e. The van der Waals surface area contributed by atoms with Gasteiger partial charge in [0.2, 0.25) is 0 Å². The summed E-state index contributed by atoms with van der Waals surface area (Å²) in [4.78, 5) is 2.48. The van der Waals surface area contributed by atoms with Crippen LogP contribution >= 0.6 is 0 Å². The minimum atomic E-state index is 0.654. The molecule has 1 aromatic carbocycles. The zero-order valence-corrected chi connectivity index (χ0v) is 13.4. The maximum absolute atomic E-state index is 3.83. The lowest BCUT2D eigenvalue weighted by molar-refractivity contribution is 0.295. The van der Waals surface area contributed by atoms with Crippen LogP contribution in [0.4, 0.5) is 5.69 Å². The monoisotopic (exact) mass is 274 g/mol. The molecule has 112 valence electrons. The van der Waals surface area contributed by atoms with Gasteiger partial charge in [0.25, 0.3) is 0 Å². The van der Waals surface area contributed by atoms with E-state index in [0.717, 1.165) is 25.6 Å². The molecule has 0 spiro atoms. The number of anilines is 1. The van der Waals surface area contributed by atoms with Gasteiger partial charge >= 0.3 is 0 Å². The van der Waals surface area contributed by atoms with Crippen LogP contribution in [0.3, 0.4) is 0 Å². The maximum atomic E-state index is 3.83. The smallest absolute Gasteiger partial charge is 0.0388 e. The normalized spacial score (nSPS) is 23.0. The SMILES string of the molecule is CCN(CC)Cc1ccccc1NC1CCCCC1C. The van der Waals surface area contributed by atoms with E-state index < -0.39 is 0 Å². The molecule has 0 saturated heterocycles. The van der Waals surface area contributed by atoms with Gasteiger partial charge in [0, 0.05) is 18.3 Å². The Hall–Kier alpha value is -1.02. The van der Waals surface area contributed by atoms with E-state index in [1.165, 1.54) is 36.9 Å². The highest BCUT2D eigenvalue weighted by Crippen LogP contribution is 2.28. The number of benzene rings is 1. The Morgan fingerprint density at radius 3 is 2.50 bits per heavy atom. The third-order valence-electron chi connectivity index (χ3n) is 4.76. The Kier molecular flexibility index (Phi) is 5.90. The molecule has 2 atom stereocenters. The van der Waals surface area contributed by atoms with Crippen molar-refractivity contribution in [2.45, 2.75) is 59.0 Å². The van der Waals surface area contributed by atoms with Gasteiger partial charge in [-0.05, 0) is 43.5 Å². The Bertz CT molecular complexity index is 398. The molecule has 0 radical (unpaired) electrons. The second-order valence-electron chi connectivity index (χ2n) is 6.13. The summed E-state index contributed by atoms with van der Waals surface area (Å²) < 4.78 is 0. The molecule has 1 aromatic rings. The van der Waals surface area contributed by atoms with E-state index in [2.05, 4.69) is 55.3 Å². The second-order valence-corrected chi connectivity index (χ2v) is 6.13. The van der Waals surface area contributed by atoms with E-state index in [1.54, 1.807) is 0 Å². The van der Waals surface area contributed by atoms with Gasteiger partial charge in [-0.15, -0.1) is 0 Å². The predicted molar refractivity (Wildman–Crippen MR) is 88.1 cm³/mol. The van der Waals surface area contributed by atoms with Gasteiger partial charge in [0.1, 0.15) is 0 Å². The van der Waals surface area contributed by atoms with E-state index >= 15 is 0 Å². The van der Waals surface area contributed by atoms with Gasteiger partial charge < -0.3 is 5.32 Å². The zero-order valence-electron chi connectivity index (χ0n) is 13.4. The summed E-state index contributed by atoms with van der Waals surface area (Å²) in [6.45, 7) is 10.2. The van der Waals surface area contributed by atoms with Gasteiger partial charge in [-0.2, -0.15) is 0 Å². The van der Waals surface area contributed by atoms with Gasteiger partial charge in [0.05, 0.1) is 0 Å². The van der Waals surface area contributed by atoms with Crippen molar-refractivity contribution < 1.29 is 0 Å². The van der Waals surface area contributed by atoms with Crippen molar-refractivity contribution in [1.29, 1.82) is 0 Å². The molecule has 2 rings (SSSR count). The lowest BCUT2D eigenvalue weighted by Gasteiger charge is -2.31. The molecular formula is C18H30N2. The minimum absolute atomic E-state index is 0.654. The minimum Gasteiger partial charge on any atom is -0.382 e. The Morgan fingerprint density at radius 1 is 1.10 bits per heavy atom. The molecule has 1 aliphatic carbocycles. The standard InChI is InChI=1S/C18H30N2/c1-4-20(5-2)14-16-11-7-9-13-18(16)19-17-12-8-6-10-15(17)3/h7,9,11,13,15,17,19H,4-6,8,10,12,14H2,1-3H3. The van der Waals surface area contributed by atoms with Crippen LogP contribution in [0.15, 0.2) is 24.3 Å². The molecule has 1 fully saturated rings. The number of hydrogen-bond donors (Lipinski definition) is 1. The van der Waals surface area contributed by atoms with Crippen LogP contribution in [0.1, 0.15) is 52.0 Å². The van der Waals surface area contributed by atoms with Crippen molar-refractivity contribution in [2.75, 3.05) is 18.4 Å². The van der Waals surface area contributed by atoms with Gasteiger partial charge in [-0.25, -0.2) is 0 Å². The molecule has 1 saturated carbocycles. The third-order valence-corrected chi connectivity index (χ3v) is 4.76. The van der Waals surface area contributed by atoms with Crippen molar-refractivity contribution >= 4 is 5.69 Å². The Balaban J connectivity index is 2.06. The molecular weight excluding hydrogens is 244 g/mol. The van der Waals surface area contributed by atoms with Crippen LogP contribution in [-0.4, -0.2) is 24.0 Å². The van der Waals surface area contributed by atoms with Crippen LogP contribution < -0.4 is 5.32 Å². The summed E-state index contributed by atoms with van der Waals surface area (Å²) in [5.41, 5.74) is 2.78. The van der Waals surface area contributed by atoms with Crippen LogP contribution in [0.5, 0.6) is 0 Å². The molecule has 20 heavy (non-hydrogen) atoms. The van der Waals surface area contributed by atoms with Crippen molar-refractivity contribution in [1.82, 2.24) is 4.90 Å². The molecule has 2 heteroatoms. The van der Waals surface area contributed by atoms with Crippen molar-refractivity contribution in [3.05, 3.63) is 29.8 Å². The topological polar surface area (TPSA) is 15.3 Å². The Morgan fingerprint density at radius 2 is 1.80 bits per heavy atom. The summed E-state index contributed by atoms with van der Waals surface area (Å²) in [6, 6.07) is 9.49. The van der Waals surface area contributed by atoms with Gasteiger partial charge in [-0.3, -0.25) is 4.90 Å². The number of rotatable bonds is 6.